The molecule has 16 atom stereocenters. The zero-order chi connectivity index (χ0) is 37.2. The Hall–Kier alpha value is -0.600. The molecule has 0 saturated heterocycles. The number of rotatable bonds is 12. The molecule has 6 saturated carbocycles. The van der Waals surface area contributed by atoms with Crippen LogP contribution in [0.3, 0.4) is 0 Å². The largest absolute Gasteiger partial charge is 0.390 e. The molecule has 0 spiro atoms. The zero-order valence-electron chi connectivity index (χ0n) is 28.6. The molecule has 22 heteroatoms. The van der Waals surface area contributed by atoms with Gasteiger partial charge in [-0.05, 0) is 113 Å². The number of hydrogen-bond acceptors (Lipinski definition) is 18. The lowest BCUT2D eigenvalue weighted by atomic mass is 9.66. The SMILES string of the molecule is NC1CC2C(CC(SOOO)C(N=NC3CCC(N=NC4CCCC5C(SOOO)CCCC45)C4CCC(S(=O)(=O)O)CC34)C2O)CC1S(=O)(=O)O. The van der Waals surface area contributed by atoms with Crippen LogP contribution in [0.15, 0.2) is 20.5 Å². The average Bonchev–Trinajstić information content (AvgIpc) is 3.11. The van der Waals surface area contributed by atoms with Crippen molar-refractivity contribution in [2.24, 2.45) is 61.7 Å². The second-order valence-electron chi connectivity index (χ2n) is 15.6. The Labute approximate surface area is 312 Å². The molecule has 0 aliphatic heterocycles. The van der Waals surface area contributed by atoms with Crippen LogP contribution >= 0.6 is 24.1 Å². The molecule has 0 aromatic rings. The molecule has 52 heavy (non-hydrogen) atoms. The standard InChI is InChI=1S/C30H51N5O13S4/c31-22-14-20-15(12-28(22)52(42,43)44)11-27(50-48-46-38)29(30(20)36)35-34-25-10-9-24(18-8-7-16(13-21(18)25)51(39,40)41)33-32-23-5-1-4-19-17(23)3-2-6-26(19)49-47-45-37/h15-30,36-38H,1-14,31H2,(H,39,40,41)(H,42,43,44). The van der Waals surface area contributed by atoms with Crippen LogP contribution in [0.4, 0.5) is 0 Å². The quantitative estimate of drug-likeness (QED) is 0.0512. The van der Waals surface area contributed by atoms with Gasteiger partial charge in [0.2, 0.25) is 0 Å². The Morgan fingerprint density at radius 2 is 1.19 bits per heavy atom. The molecule has 6 aliphatic carbocycles. The molecule has 0 amide bonds. The predicted molar refractivity (Wildman–Crippen MR) is 187 cm³/mol. The van der Waals surface area contributed by atoms with Gasteiger partial charge in [0.25, 0.3) is 20.2 Å². The van der Waals surface area contributed by atoms with Crippen molar-refractivity contribution in [2.45, 2.75) is 147 Å². The molecule has 6 rings (SSSR count). The van der Waals surface area contributed by atoms with Crippen molar-refractivity contribution in [3.8, 4) is 0 Å². The molecule has 6 fully saturated rings. The summed E-state index contributed by atoms with van der Waals surface area (Å²) >= 11 is 1.89. The summed E-state index contributed by atoms with van der Waals surface area (Å²) in [5.41, 5.74) is 6.16. The van der Waals surface area contributed by atoms with Crippen LogP contribution in [-0.2, 0) is 39.0 Å². The van der Waals surface area contributed by atoms with Crippen LogP contribution in [0, 0.1) is 35.5 Å². The maximum Gasteiger partial charge on any atom is 0.269 e. The first-order valence-corrected chi connectivity index (χ1v) is 22.8. The van der Waals surface area contributed by atoms with E-state index in [0.29, 0.717) is 43.9 Å². The van der Waals surface area contributed by atoms with E-state index in [1.165, 1.54) is 0 Å². The highest BCUT2D eigenvalue weighted by atomic mass is 32.2. The van der Waals surface area contributed by atoms with Crippen molar-refractivity contribution in [1.82, 2.24) is 0 Å². The molecular formula is C30H51N5O13S4. The molecule has 0 bridgehead atoms. The van der Waals surface area contributed by atoms with Gasteiger partial charge in [0.15, 0.2) is 0 Å². The van der Waals surface area contributed by atoms with Crippen molar-refractivity contribution in [1.29, 1.82) is 0 Å². The monoisotopic (exact) mass is 817 g/mol. The average molecular weight is 818 g/mol. The van der Waals surface area contributed by atoms with Gasteiger partial charge >= 0.3 is 0 Å². The van der Waals surface area contributed by atoms with E-state index in [0.717, 1.165) is 62.6 Å². The van der Waals surface area contributed by atoms with Crippen molar-refractivity contribution in [3.05, 3.63) is 0 Å². The fraction of sp³-hybridized carbons (Fsp3) is 1.00. The third-order valence-electron chi connectivity index (χ3n) is 13.0. The Morgan fingerprint density at radius 1 is 0.596 bits per heavy atom. The first-order valence-electron chi connectivity index (χ1n) is 18.2. The highest BCUT2D eigenvalue weighted by Crippen LogP contribution is 2.50. The zero-order valence-corrected chi connectivity index (χ0v) is 31.9. The summed E-state index contributed by atoms with van der Waals surface area (Å²) in [6.07, 6.45) is 7.58. The fourth-order valence-electron chi connectivity index (χ4n) is 10.6. The molecule has 298 valence electrons. The molecule has 0 heterocycles. The predicted octanol–water partition coefficient (Wildman–Crippen LogP) is 4.68. The van der Waals surface area contributed by atoms with E-state index in [-0.39, 0.29) is 54.3 Å². The summed E-state index contributed by atoms with van der Waals surface area (Å²) in [5, 5.41) is 53.6. The van der Waals surface area contributed by atoms with E-state index in [4.69, 9.17) is 40.3 Å². The number of hydrogen-bond donors (Lipinski definition) is 6. The first kappa shape index (κ1) is 41.0. The van der Waals surface area contributed by atoms with Gasteiger partial charge in [0, 0.05) is 35.4 Å². The highest BCUT2D eigenvalue weighted by molar-refractivity contribution is 7.95. The molecule has 0 radical (unpaired) electrons. The maximum absolute atomic E-state index is 12.3. The topological polar surface area (TPSA) is 282 Å². The van der Waals surface area contributed by atoms with Gasteiger partial charge in [0.05, 0.1) is 34.7 Å². The molecule has 7 N–H and O–H groups in total. The lowest BCUT2D eigenvalue weighted by Crippen LogP contribution is -2.57. The minimum absolute atomic E-state index is 0.0386. The van der Waals surface area contributed by atoms with E-state index in [9.17, 15) is 31.0 Å². The summed E-state index contributed by atoms with van der Waals surface area (Å²) in [6.45, 7) is 0. The van der Waals surface area contributed by atoms with Gasteiger partial charge < -0.3 is 10.8 Å². The number of aliphatic hydroxyl groups excluding tert-OH is 1. The summed E-state index contributed by atoms with van der Waals surface area (Å²) in [5.74, 6) is -0.382. The van der Waals surface area contributed by atoms with Gasteiger partial charge in [-0.25, -0.2) is 10.5 Å². The first-order chi connectivity index (χ1) is 24.8. The van der Waals surface area contributed by atoms with E-state index >= 15 is 0 Å². The minimum atomic E-state index is -4.41. The molecular weight excluding hydrogens is 767 g/mol. The molecule has 16 unspecified atom stereocenters. The van der Waals surface area contributed by atoms with Crippen molar-refractivity contribution >= 4 is 44.3 Å². The van der Waals surface area contributed by atoms with Gasteiger partial charge in [-0.2, -0.15) is 37.3 Å². The van der Waals surface area contributed by atoms with Gasteiger partial charge in [-0.15, -0.1) is 8.67 Å². The molecule has 0 aromatic heterocycles. The molecule has 0 aromatic carbocycles. The second kappa shape index (κ2) is 17.7. The number of fused-ring (bicyclic) bond motifs is 3. The smallest absolute Gasteiger partial charge is 0.269 e. The lowest BCUT2D eigenvalue weighted by Gasteiger charge is -2.48. The Balaban J connectivity index is 1.19. The minimum Gasteiger partial charge on any atom is -0.390 e. The lowest BCUT2D eigenvalue weighted by molar-refractivity contribution is -0.432. The number of nitrogens with two attached hydrogens (primary N) is 1. The van der Waals surface area contributed by atoms with Crippen LogP contribution in [-0.4, -0.2) is 98.9 Å². The Kier molecular flexibility index (Phi) is 14.0. The number of azo groups is 2. The summed E-state index contributed by atoms with van der Waals surface area (Å²) in [4.78, 5) is 0. The Bertz CT molecular complexity index is 1480. The fourth-order valence-corrected chi connectivity index (χ4v) is 14.2. The van der Waals surface area contributed by atoms with E-state index in [2.05, 4.69) is 15.2 Å². The van der Waals surface area contributed by atoms with Crippen molar-refractivity contribution in [2.75, 3.05) is 0 Å². The third-order valence-corrected chi connectivity index (χ3v) is 17.4. The number of aliphatic hydroxyl groups is 1. The van der Waals surface area contributed by atoms with Crippen LogP contribution in [0.2, 0.25) is 0 Å². The van der Waals surface area contributed by atoms with Crippen LogP contribution < -0.4 is 5.73 Å². The highest BCUT2D eigenvalue weighted by Gasteiger charge is 2.52. The Morgan fingerprint density at radius 3 is 1.87 bits per heavy atom. The summed E-state index contributed by atoms with van der Waals surface area (Å²) in [6, 6.07) is -2.26. The summed E-state index contributed by atoms with van der Waals surface area (Å²) in [7, 11) is -8.71. The van der Waals surface area contributed by atoms with Crippen LogP contribution in [0.25, 0.3) is 0 Å². The molecule has 6 aliphatic rings. The maximum atomic E-state index is 12.3. The molecule has 18 nitrogen and oxygen atoms in total. The van der Waals surface area contributed by atoms with Gasteiger partial charge in [-0.1, -0.05) is 22.9 Å². The summed E-state index contributed by atoms with van der Waals surface area (Å²) < 4.78 is 78.0. The van der Waals surface area contributed by atoms with Crippen molar-refractivity contribution in [3.63, 3.8) is 0 Å². The van der Waals surface area contributed by atoms with Crippen LogP contribution in [0.5, 0.6) is 0 Å². The van der Waals surface area contributed by atoms with Gasteiger partial charge in [-0.3, -0.25) is 9.11 Å². The third kappa shape index (κ3) is 9.32. The van der Waals surface area contributed by atoms with Crippen LogP contribution in [0.1, 0.15) is 89.9 Å². The second-order valence-corrected chi connectivity index (χ2v) is 20.8. The number of nitrogens with zero attached hydrogens (tertiary/aromatic N) is 4. The normalized spacial score (nSPS) is 44.7. The van der Waals surface area contributed by atoms with E-state index < -0.39 is 66.1 Å². The van der Waals surface area contributed by atoms with Crippen molar-refractivity contribution < 1.29 is 60.3 Å². The van der Waals surface area contributed by atoms with E-state index in [1.807, 2.05) is 0 Å². The van der Waals surface area contributed by atoms with Gasteiger partial charge in [0.1, 0.15) is 11.3 Å². The van der Waals surface area contributed by atoms with E-state index in [1.54, 1.807) is 0 Å².